The van der Waals surface area contributed by atoms with Crippen LogP contribution in [0, 0.1) is 6.92 Å². The third-order valence-electron chi connectivity index (χ3n) is 1.18. The third kappa shape index (κ3) is 8.94. The van der Waals surface area contributed by atoms with Crippen molar-refractivity contribution in [3.63, 3.8) is 0 Å². The molecule has 1 N–H and O–H groups in total. The van der Waals surface area contributed by atoms with Gasteiger partial charge in [0, 0.05) is 5.56 Å². The standard InChI is InChI=1S/C8H8O.C2H7N.C2H6/c1-7-3-2-4-8(5-7)6-9;1-3-2;1-2/h2-6H,1H3;3H,1-2H3;1-2H3. The molecule has 1 rings (SSSR count). The summed E-state index contributed by atoms with van der Waals surface area (Å²) in [6.07, 6.45) is 0.854. The zero-order valence-corrected chi connectivity index (χ0v) is 9.79. The van der Waals surface area contributed by atoms with Crippen molar-refractivity contribution < 1.29 is 4.79 Å². The molecule has 0 bridgehead atoms. The van der Waals surface area contributed by atoms with Crippen molar-refractivity contribution in [2.24, 2.45) is 0 Å². The molecule has 0 spiro atoms. The first-order valence-electron chi connectivity index (χ1n) is 4.85. The van der Waals surface area contributed by atoms with Gasteiger partial charge in [-0.2, -0.15) is 0 Å². The molecule has 0 aliphatic carbocycles. The van der Waals surface area contributed by atoms with E-state index in [9.17, 15) is 4.79 Å². The van der Waals surface area contributed by atoms with Crippen LogP contribution in [0.3, 0.4) is 0 Å². The van der Waals surface area contributed by atoms with E-state index in [0.29, 0.717) is 0 Å². The molecule has 2 heteroatoms. The summed E-state index contributed by atoms with van der Waals surface area (Å²) in [5.41, 5.74) is 1.87. The van der Waals surface area contributed by atoms with Crippen LogP contribution in [-0.2, 0) is 0 Å². The first-order chi connectivity index (χ1) is 6.74. The Kier molecular flexibility index (Phi) is 13.0. The number of carbonyl (C=O) groups is 1. The zero-order valence-electron chi connectivity index (χ0n) is 9.79. The van der Waals surface area contributed by atoms with Crippen LogP contribution in [-0.4, -0.2) is 20.4 Å². The Hall–Kier alpha value is -1.15. The van der Waals surface area contributed by atoms with Gasteiger partial charge in [0.1, 0.15) is 6.29 Å². The van der Waals surface area contributed by atoms with Crippen LogP contribution in [0.15, 0.2) is 24.3 Å². The summed E-state index contributed by atoms with van der Waals surface area (Å²) in [4.78, 5) is 10.2. The highest BCUT2D eigenvalue weighted by molar-refractivity contribution is 5.74. The van der Waals surface area contributed by atoms with Crippen molar-refractivity contribution in [1.29, 1.82) is 0 Å². The lowest BCUT2D eigenvalue weighted by atomic mass is 10.2. The Morgan fingerprint density at radius 3 is 2.00 bits per heavy atom. The normalized spacial score (nSPS) is 7.50. The van der Waals surface area contributed by atoms with Crippen molar-refractivity contribution >= 4 is 6.29 Å². The lowest BCUT2D eigenvalue weighted by Gasteiger charge is -1.89. The minimum Gasteiger partial charge on any atom is -0.323 e. The number of nitrogens with one attached hydrogen (secondary N) is 1. The van der Waals surface area contributed by atoms with E-state index in [-0.39, 0.29) is 0 Å². The second-order valence-corrected chi connectivity index (χ2v) is 2.53. The molecule has 0 aliphatic heterocycles. The van der Waals surface area contributed by atoms with Gasteiger partial charge in [-0.1, -0.05) is 37.6 Å². The van der Waals surface area contributed by atoms with Crippen molar-refractivity contribution in [1.82, 2.24) is 5.32 Å². The predicted molar refractivity (Wildman–Crippen MR) is 62.9 cm³/mol. The van der Waals surface area contributed by atoms with Crippen LogP contribution in [0.2, 0.25) is 0 Å². The molecule has 0 radical (unpaired) electrons. The molecule has 80 valence electrons. The molecular weight excluding hydrogens is 174 g/mol. The highest BCUT2D eigenvalue weighted by Gasteiger charge is 1.86. The van der Waals surface area contributed by atoms with Gasteiger partial charge < -0.3 is 5.32 Å². The fourth-order valence-electron chi connectivity index (χ4n) is 0.743. The fraction of sp³-hybridized carbons (Fsp3) is 0.417. The van der Waals surface area contributed by atoms with Crippen LogP contribution in [0.4, 0.5) is 0 Å². The summed E-state index contributed by atoms with van der Waals surface area (Å²) in [7, 11) is 3.75. The molecule has 0 heterocycles. The van der Waals surface area contributed by atoms with E-state index in [2.05, 4.69) is 5.32 Å². The third-order valence-corrected chi connectivity index (χ3v) is 1.18. The molecule has 2 nitrogen and oxygen atoms in total. The van der Waals surface area contributed by atoms with Gasteiger partial charge in [-0.3, -0.25) is 4.79 Å². The van der Waals surface area contributed by atoms with Crippen molar-refractivity contribution in [2.75, 3.05) is 14.1 Å². The van der Waals surface area contributed by atoms with E-state index in [1.165, 1.54) is 0 Å². The molecule has 1 aromatic rings. The Morgan fingerprint density at radius 2 is 1.71 bits per heavy atom. The van der Waals surface area contributed by atoms with E-state index >= 15 is 0 Å². The topological polar surface area (TPSA) is 29.1 Å². The SMILES string of the molecule is CC.CNC.Cc1cccc(C=O)c1. The van der Waals surface area contributed by atoms with E-state index in [0.717, 1.165) is 17.4 Å². The number of hydrogen-bond acceptors (Lipinski definition) is 2. The van der Waals surface area contributed by atoms with Gasteiger partial charge >= 0.3 is 0 Å². The number of aryl methyl sites for hydroxylation is 1. The average molecular weight is 195 g/mol. The summed E-state index contributed by atoms with van der Waals surface area (Å²) in [6, 6.07) is 7.49. The van der Waals surface area contributed by atoms with Crippen molar-refractivity contribution in [2.45, 2.75) is 20.8 Å². The minimum absolute atomic E-state index is 0.745. The smallest absolute Gasteiger partial charge is 0.150 e. The summed E-state index contributed by atoms with van der Waals surface area (Å²) in [6.45, 7) is 5.97. The second-order valence-electron chi connectivity index (χ2n) is 2.53. The lowest BCUT2D eigenvalue weighted by molar-refractivity contribution is 0.112. The Balaban J connectivity index is 0. The molecular formula is C12H21NO. The average Bonchev–Trinajstić information content (AvgIpc) is 2.22. The molecule has 14 heavy (non-hydrogen) atoms. The molecule has 0 amide bonds. The van der Waals surface area contributed by atoms with Crippen molar-refractivity contribution in [3.05, 3.63) is 35.4 Å². The maximum atomic E-state index is 10.2. The van der Waals surface area contributed by atoms with Gasteiger partial charge in [0.15, 0.2) is 0 Å². The summed E-state index contributed by atoms with van der Waals surface area (Å²) >= 11 is 0. The number of benzene rings is 1. The number of hydrogen-bond donors (Lipinski definition) is 1. The lowest BCUT2D eigenvalue weighted by Crippen LogP contribution is -1.89. The van der Waals surface area contributed by atoms with Crippen LogP contribution in [0.25, 0.3) is 0 Å². The molecule has 0 saturated carbocycles. The Labute approximate surface area is 87.3 Å². The molecule has 0 fully saturated rings. The maximum absolute atomic E-state index is 10.2. The van der Waals surface area contributed by atoms with E-state index in [1.54, 1.807) is 6.07 Å². The predicted octanol–water partition coefficient (Wildman–Crippen LogP) is 2.67. The number of carbonyl (C=O) groups excluding carboxylic acids is 1. The Morgan fingerprint density at radius 1 is 1.21 bits per heavy atom. The zero-order chi connectivity index (χ0) is 11.4. The van der Waals surface area contributed by atoms with Gasteiger partial charge in [0.25, 0.3) is 0 Å². The summed E-state index contributed by atoms with van der Waals surface area (Å²) in [5, 5.41) is 2.75. The van der Waals surface area contributed by atoms with E-state index in [1.807, 2.05) is 53.1 Å². The minimum atomic E-state index is 0.745. The molecule has 0 unspecified atom stereocenters. The molecule has 1 aromatic carbocycles. The molecule has 0 aromatic heterocycles. The van der Waals surface area contributed by atoms with Crippen LogP contribution < -0.4 is 5.32 Å². The maximum Gasteiger partial charge on any atom is 0.150 e. The Bertz CT molecular complexity index is 234. The van der Waals surface area contributed by atoms with E-state index in [4.69, 9.17) is 0 Å². The van der Waals surface area contributed by atoms with Crippen molar-refractivity contribution in [3.8, 4) is 0 Å². The van der Waals surface area contributed by atoms with Gasteiger partial charge in [0.05, 0.1) is 0 Å². The molecule has 0 atom stereocenters. The molecule has 0 aliphatic rings. The van der Waals surface area contributed by atoms with Gasteiger partial charge in [-0.25, -0.2) is 0 Å². The number of rotatable bonds is 1. The van der Waals surface area contributed by atoms with Crippen LogP contribution in [0.5, 0.6) is 0 Å². The van der Waals surface area contributed by atoms with Crippen LogP contribution >= 0.6 is 0 Å². The first kappa shape index (κ1) is 15.3. The van der Waals surface area contributed by atoms with E-state index < -0.39 is 0 Å². The van der Waals surface area contributed by atoms with Gasteiger partial charge in [-0.05, 0) is 27.1 Å². The fourth-order valence-corrected chi connectivity index (χ4v) is 0.743. The number of aldehydes is 1. The summed E-state index contributed by atoms with van der Waals surface area (Å²) < 4.78 is 0. The van der Waals surface area contributed by atoms with Gasteiger partial charge in [-0.15, -0.1) is 0 Å². The highest BCUT2D eigenvalue weighted by Crippen LogP contribution is 1.99. The quantitative estimate of drug-likeness (QED) is 0.698. The summed E-state index contributed by atoms with van der Waals surface area (Å²) in [5.74, 6) is 0. The van der Waals surface area contributed by atoms with Gasteiger partial charge in [0.2, 0.25) is 0 Å². The monoisotopic (exact) mass is 195 g/mol. The second kappa shape index (κ2) is 11.8. The molecule has 0 saturated heterocycles. The largest absolute Gasteiger partial charge is 0.323 e. The van der Waals surface area contributed by atoms with Crippen LogP contribution in [0.1, 0.15) is 29.8 Å². The first-order valence-corrected chi connectivity index (χ1v) is 4.85. The highest BCUT2D eigenvalue weighted by atomic mass is 16.1.